The fourth-order valence-corrected chi connectivity index (χ4v) is 2.69. The molecule has 28 heavy (non-hydrogen) atoms. The Bertz CT molecular complexity index is 601. The maximum absolute atomic E-state index is 12.4. The molecule has 3 N–H and O–H groups in total. The number of esters is 1. The van der Waals surface area contributed by atoms with Gasteiger partial charge in [0, 0.05) is 0 Å². The minimum atomic E-state index is -1.20. The molecule has 0 fully saturated rings. The second-order valence-electron chi connectivity index (χ2n) is 7.62. The van der Waals surface area contributed by atoms with Gasteiger partial charge in [-0.25, -0.2) is 4.79 Å². The molecule has 0 bridgehead atoms. The highest BCUT2D eigenvalue weighted by Crippen LogP contribution is 2.13. The number of hydrogen-bond acceptors (Lipinski definition) is 6. The van der Waals surface area contributed by atoms with Crippen LogP contribution in [0.3, 0.4) is 0 Å². The Morgan fingerprint density at radius 3 is 2.32 bits per heavy atom. The van der Waals surface area contributed by atoms with E-state index in [9.17, 15) is 14.7 Å². The average Bonchev–Trinajstić information content (AvgIpc) is 2.61. The maximum Gasteiger partial charge on any atom is 0.407 e. The summed E-state index contributed by atoms with van der Waals surface area (Å²) in [7, 11) is 0. The highest BCUT2D eigenvalue weighted by Gasteiger charge is 2.35. The summed E-state index contributed by atoms with van der Waals surface area (Å²) in [4.78, 5) is 24.7. The van der Waals surface area contributed by atoms with E-state index < -0.39 is 35.9 Å². The Balaban J connectivity index is 3.03. The summed E-state index contributed by atoms with van der Waals surface area (Å²) in [6, 6.07) is 7.75. The summed E-state index contributed by atoms with van der Waals surface area (Å²) in [6.07, 6.45) is -0.722. The van der Waals surface area contributed by atoms with Crippen molar-refractivity contribution in [1.29, 1.82) is 0 Å². The molecule has 1 rings (SSSR count). The molecule has 1 aromatic carbocycles. The fraction of sp³-hybridized carbons (Fsp3) is 0.619. The van der Waals surface area contributed by atoms with Crippen LogP contribution in [0.15, 0.2) is 30.3 Å². The molecular formula is C21H34N2O5. The van der Waals surface area contributed by atoms with Gasteiger partial charge in [0.15, 0.2) is 0 Å². The van der Waals surface area contributed by atoms with E-state index in [0.717, 1.165) is 12.0 Å². The standard InChI is InChI=1S/C21H34N2O5/c1-6-13-22-17(19(25)27-7-2)18(24)16(14-15-11-9-8-10-12-15)23-20(26)28-21(3,4)5/h8-12,16-18,22,24H,6-7,13-14H2,1-5H3,(H,23,26). The smallest absolute Gasteiger partial charge is 0.407 e. The van der Waals surface area contributed by atoms with Crippen LogP contribution in [-0.2, 0) is 20.7 Å². The Morgan fingerprint density at radius 1 is 1.14 bits per heavy atom. The first kappa shape index (κ1) is 23.9. The predicted octanol–water partition coefficient (Wildman–Crippen LogP) is 2.41. The summed E-state index contributed by atoms with van der Waals surface area (Å²) in [6.45, 7) is 9.70. The number of aliphatic hydroxyl groups excluding tert-OH is 1. The van der Waals surface area contributed by atoms with Crippen molar-refractivity contribution in [1.82, 2.24) is 10.6 Å². The van der Waals surface area contributed by atoms with E-state index in [4.69, 9.17) is 9.47 Å². The van der Waals surface area contributed by atoms with Gasteiger partial charge in [0.25, 0.3) is 0 Å². The van der Waals surface area contributed by atoms with E-state index in [-0.39, 0.29) is 6.61 Å². The molecule has 0 radical (unpaired) electrons. The molecule has 7 nitrogen and oxygen atoms in total. The van der Waals surface area contributed by atoms with Crippen molar-refractivity contribution in [2.45, 2.75) is 71.2 Å². The van der Waals surface area contributed by atoms with Crippen LogP contribution in [0.25, 0.3) is 0 Å². The minimum Gasteiger partial charge on any atom is -0.465 e. The maximum atomic E-state index is 12.4. The van der Waals surface area contributed by atoms with Crippen LogP contribution in [0.2, 0.25) is 0 Å². The zero-order valence-corrected chi connectivity index (χ0v) is 17.5. The monoisotopic (exact) mass is 394 g/mol. The number of carbonyl (C=O) groups excluding carboxylic acids is 2. The lowest BCUT2D eigenvalue weighted by Crippen LogP contribution is -2.57. The van der Waals surface area contributed by atoms with Gasteiger partial charge in [0.1, 0.15) is 17.7 Å². The molecule has 0 aliphatic rings. The van der Waals surface area contributed by atoms with Gasteiger partial charge in [-0.1, -0.05) is 37.3 Å². The molecule has 0 spiro atoms. The van der Waals surface area contributed by atoms with Crippen LogP contribution < -0.4 is 10.6 Å². The van der Waals surface area contributed by atoms with Gasteiger partial charge in [-0.05, 0) is 52.6 Å². The van der Waals surface area contributed by atoms with Crippen molar-refractivity contribution in [2.24, 2.45) is 0 Å². The van der Waals surface area contributed by atoms with Crippen LogP contribution in [0.5, 0.6) is 0 Å². The minimum absolute atomic E-state index is 0.207. The van der Waals surface area contributed by atoms with Crippen molar-refractivity contribution >= 4 is 12.1 Å². The Labute approximate surface area is 167 Å². The molecule has 0 aliphatic heterocycles. The van der Waals surface area contributed by atoms with Crippen molar-refractivity contribution in [2.75, 3.05) is 13.2 Å². The number of hydrogen-bond donors (Lipinski definition) is 3. The van der Waals surface area contributed by atoms with Gasteiger partial charge in [0.2, 0.25) is 0 Å². The Hall–Kier alpha value is -2.12. The van der Waals surface area contributed by atoms with Crippen molar-refractivity contribution in [3.8, 4) is 0 Å². The van der Waals surface area contributed by atoms with Gasteiger partial charge in [-0.2, -0.15) is 0 Å². The SMILES string of the molecule is CCCNC(C(=O)OCC)C(O)C(Cc1ccccc1)NC(=O)OC(C)(C)C. The molecular weight excluding hydrogens is 360 g/mol. The second kappa shape index (κ2) is 11.7. The topological polar surface area (TPSA) is 96.9 Å². The van der Waals surface area contributed by atoms with Crippen molar-refractivity contribution in [3.63, 3.8) is 0 Å². The lowest BCUT2D eigenvalue weighted by molar-refractivity contribution is -0.149. The van der Waals surface area contributed by atoms with Gasteiger partial charge >= 0.3 is 12.1 Å². The van der Waals surface area contributed by atoms with Crippen LogP contribution in [-0.4, -0.2) is 54.1 Å². The van der Waals surface area contributed by atoms with Gasteiger partial charge < -0.3 is 25.2 Å². The first-order valence-corrected chi connectivity index (χ1v) is 9.79. The molecule has 0 heterocycles. The molecule has 0 aromatic heterocycles. The molecule has 0 saturated carbocycles. The molecule has 7 heteroatoms. The largest absolute Gasteiger partial charge is 0.465 e. The van der Waals surface area contributed by atoms with Gasteiger partial charge in [0.05, 0.1) is 12.6 Å². The number of ether oxygens (including phenoxy) is 2. The van der Waals surface area contributed by atoms with Crippen LogP contribution in [0.4, 0.5) is 4.79 Å². The van der Waals surface area contributed by atoms with E-state index in [2.05, 4.69) is 10.6 Å². The third kappa shape index (κ3) is 8.71. The zero-order chi connectivity index (χ0) is 21.2. The average molecular weight is 395 g/mol. The van der Waals surface area contributed by atoms with E-state index in [0.29, 0.717) is 13.0 Å². The quantitative estimate of drug-likeness (QED) is 0.528. The summed E-state index contributed by atoms with van der Waals surface area (Å²) >= 11 is 0. The fourth-order valence-electron chi connectivity index (χ4n) is 2.69. The second-order valence-corrected chi connectivity index (χ2v) is 7.62. The molecule has 158 valence electrons. The highest BCUT2D eigenvalue weighted by molar-refractivity contribution is 5.77. The number of aliphatic hydroxyl groups is 1. The van der Waals surface area contributed by atoms with Gasteiger partial charge in [-0.3, -0.25) is 4.79 Å². The molecule has 1 aromatic rings. The van der Waals surface area contributed by atoms with Crippen molar-refractivity contribution in [3.05, 3.63) is 35.9 Å². The first-order chi connectivity index (χ1) is 13.2. The molecule has 0 aliphatic carbocycles. The lowest BCUT2D eigenvalue weighted by atomic mass is 9.96. The summed E-state index contributed by atoms with van der Waals surface area (Å²) in [5, 5.41) is 16.7. The van der Waals surface area contributed by atoms with Crippen LogP contribution >= 0.6 is 0 Å². The van der Waals surface area contributed by atoms with Crippen LogP contribution in [0.1, 0.15) is 46.6 Å². The van der Waals surface area contributed by atoms with Gasteiger partial charge in [-0.15, -0.1) is 0 Å². The lowest BCUT2D eigenvalue weighted by Gasteiger charge is -2.31. The number of benzene rings is 1. The predicted molar refractivity (Wildman–Crippen MR) is 108 cm³/mol. The summed E-state index contributed by atoms with van der Waals surface area (Å²) in [5.41, 5.74) is 0.244. The molecule has 3 unspecified atom stereocenters. The molecule has 0 saturated heterocycles. The van der Waals surface area contributed by atoms with E-state index >= 15 is 0 Å². The Kier molecular flexibility index (Phi) is 9.96. The van der Waals surface area contributed by atoms with Crippen LogP contribution in [0, 0.1) is 0 Å². The third-order valence-corrected chi connectivity index (χ3v) is 3.91. The highest BCUT2D eigenvalue weighted by atomic mass is 16.6. The zero-order valence-electron chi connectivity index (χ0n) is 17.5. The number of alkyl carbamates (subject to hydrolysis) is 1. The number of carbonyl (C=O) groups is 2. The summed E-state index contributed by atoms with van der Waals surface area (Å²) < 4.78 is 10.4. The van der Waals surface area contributed by atoms with E-state index in [1.165, 1.54) is 0 Å². The van der Waals surface area contributed by atoms with E-state index in [1.54, 1.807) is 27.7 Å². The molecule has 3 atom stereocenters. The van der Waals surface area contributed by atoms with E-state index in [1.807, 2.05) is 37.3 Å². The van der Waals surface area contributed by atoms with Crippen molar-refractivity contribution < 1.29 is 24.2 Å². The normalized spacial score (nSPS) is 14.6. The number of amides is 1. The third-order valence-electron chi connectivity index (χ3n) is 3.91. The summed E-state index contributed by atoms with van der Waals surface area (Å²) in [5.74, 6) is -0.549. The molecule has 1 amide bonds. The first-order valence-electron chi connectivity index (χ1n) is 9.79. The Morgan fingerprint density at radius 2 is 1.79 bits per heavy atom. The number of nitrogens with one attached hydrogen (secondary N) is 2. The number of rotatable bonds is 10.